The zero-order valence-corrected chi connectivity index (χ0v) is 5.59. The highest BCUT2D eigenvalue weighted by Crippen LogP contribution is 1.99. The van der Waals surface area contributed by atoms with Crippen LogP contribution in [-0.4, -0.2) is 22.3 Å². The lowest BCUT2D eigenvalue weighted by molar-refractivity contribution is -0.144. The molecular formula is C5H7ClO3. The Morgan fingerprint density at radius 2 is 2.22 bits per heavy atom. The molecule has 4 heteroatoms. The van der Waals surface area contributed by atoms with Crippen LogP contribution in [0.25, 0.3) is 0 Å². The number of aliphatic carboxylic acids is 1. The van der Waals surface area contributed by atoms with E-state index in [4.69, 9.17) is 21.8 Å². The number of halogens is 1. The van der Waals surface area contributed by atoms with Gasteiger partial charge in [-0.25, -0.2) is 4.79 Å². The molecule has 1 unspecified atom stereocenters. The second-order valence-electron chi connectivity index (χ2n) is 1.54. The third-order valence-electron chi connectivity index (χ3n) is 0.641. The molecule has 9 heavy (non-hydrogen) atoms. The van der Waals surface area contributed by atoms with Crippen LogP contribution in [0.15, 0.2) is 11.1 Å². The average Bonchev–Trinajstić information content (AvgIpc) is 1.63. The molecule has 3 nitrogen and oxygen atoms in total. The molecule has 0 spiro atoms. The molecule has 0 amide bonds. The number of aliphatic hydroxyl groups excluding tert-OH is 1. The molecule has 2 N–H and O–H groups in total. The minimum atomic E-state index is -1.48. The van der Waals surface area contributed by atoms with E-state index in [1.165, 1.54) is 6.92 Å². The molecule has 0 aliphatic carbocycles. The van der Waals surface area contributed by atoms with Gasteiger partial charge in [0.25, 0.3) is 0 Å². The van der Waals surface area contributed by atoms with Crippen LogP contribution < -0.4 is 0 Å². The van der Waals surface area contributed by atoms with Gasteiger partial charge in [-0.3, -0.25) is 0 Å². The first-order valence-electron chi connectivity index (χ1n) is 2.29. The molecule has 0 heterocycles. The van der Waals surface area contributed by atoms with Crippen LogP contribution in [0.3, 0.4) is 0 Å². The molecule has 52 valence electrons. The minimum absolute atomic E-state index is 0.268. The molecule has 0 aliphatic rings. The van der Waals surface area contributed by atoms with Gasteiger partial charge in [0.1, 0.15) is 0 Å². The fourth-order valence-electron chi connectivity index (χ4n) is 0.289. The standard InChI is InChI=1S/C5H7ClO3/c1-3(6)2-4(7)5(8)9/h2,4,7H,1H3,(H,8,9)/b3-2+. The molecule has 0 rings (SSSR count). The molecule has 0 aromatic heterocycles. The molecule has 0 aliphatic heterocycles. The highest BCUT2D eigenvalue weighted by molar-refractivity contribution is 6.29. The maximum absolute atomic E-state index is 9.88. The zero-order chi connectivity index (χ0) is 7.44. The number of aliphatic hydroxyl groups is 1. The third kappa shape index (κ3) is 4.00. The number of carbonyl (C=O) groups is 1. The normalized spacial score (nSPS) is 15.2. The van der Waals surface area contributed by atoms with Crippen LogP contribution in [0.5, 0.6) is 0 Å². The van der Waals surface area contributed by atoms with E-state index in [0.717, 1.165) is 6.08 Å². The molecule has 0 aromatic carbocycles. The smallest absolute Gasteiger partial charge is 0.336 e. The summed E-state index contributed by atoms with van der Waals surface area (Å²) in [5, 5.41) is 16.9. The first kappa shape index (κ1) is 8.46. The first-order valence-corrected chi connectivity index (χ1v) is 2.66. The number of rotatable bonds is 2. The summed E-state index contributed by atoms with van der Waals surface area (Å²) in [6.07, 6.45) is -0.438. The molecule has 0 aromatic rings. The molecule has 1 atom stereocenters. The van der Waals surface area contributed by atoms with Gasteiger partial charge >= 0.3 is 5.97 Å². The van der Waals surface area contributed by atoms with Gasteiger partial charge in [0.15, 0.2) is 6.10 Å². The Bertz CT molecular complexity index is 137. The minimum Gasteiger partial charge on any atom is -0.479 e. The molecule has 0 radical (unpaired) electrons. The summed E-state index contributed by atoms with van der Waals surface area (Å²) in [5.74, 6) is -1.30. The Morgan fingerprint density at radius 3 is 2.33 bits per heavy atom. The lowest BCUT2D eigenvalue weighted by atomic mass is 10.3. The Hall–Kier alpha value is -0.540. The van der Waals surface area contributed by atoms with Crippen LogP contribution in [0.1, 0.15) is 6.92 Å². The summed E-state index contributed by atoms with van der Waals surface area (Å²) in [7, 11) is 0. The van der Waals surface area contributed by atoms with Gasteiger partial charge in [-0.2, -0.15) is 0 Å². The van der Waals surface area contributed by atoms with E-state index < -0.39 is 12.1 Å². The number of hydrogen-bond acceptors (Lipinski definition) is 2. The molecule has 0 saturated heterocycles. The van der Waals surface area contributed by atoms with Gasteiger partial charge in [0.2, 0.25) is 0 Å². The van der Waals surface area contributed by atoms with Crippen molar-refractivity contribution in [1.82, 2.24) is 0 Å². The second kappa shape index (κ2) is 3.48. The maximum Gasteiger partial charge on any atom is 0.336 e. The number of hydrogen-bond donors (Lipinski definition) is 2. The van der Waals surface area contributed by atoms with Crippen molar-refractivity contribution in [2.75, 3.05) is 0 Å². The van der Waals surface area contributed by atoms with Crippen molar-refractivity contribution in [3.63, 3.8) is 0 Å². The van der Waals surface area contributed by atoms with Crippen LogP contribution >= 0.6 is 11.6 Å². The topological polar surface area (TPSA) is 57.5 Å². The van der Waals surface area contributed by atoms with Gasteiger partial charge in [-0.05, 0) is 13.0 Å². The van der Waals surface area contributed by atoms with Crippen LogP contribution in [0.4, 0.5) is 0 Å². The summed E-state index contributed by atoms with van der Waals surface area (Å²) >= 11 is 5.25. The van der Waals surface area contributed by atoms with Crippen LogP contribution in [-0.2, 0) is 4.79 Å². The van der Waals surface area contributed by atoms with Gasteiger partial charge in [0.05, 0.1) is 0 Å². The summed E-state index contributed by atoms with van der Waals surface area (Å²) in [5.41, 5.74) is 0. The van der Waals surface area contributed by atoms with Crippen molar-refractivity contribution < 1.29 is 15.0 Å². The maximum atomic E-state index is 9.88. The van der Waals surface area contributed by atoms with Crippen molar-refractivity contribution in [2.24, 2.45) is 0 Å². The monoisotopic (exact) mass is 150 g/mol. The lowest BCUT2D eigenvalue weighted by Crippen LogP contribution is -2.16. The Morgan fingerprint density at radius 1 is 1.78 bits per heavy atom. The second-order valence-corrected chi connectivity index (χ2v) is 2.13. The average molecular weight is 151 g/mol. The van der Waals surface area contributed by atoms with E-state index in [9.17, 15) is 4.79 Å². The number of allylic oxidation sites excluding steroid dienone is 1. The quantitative estimate of drug-likeness (QED) is 0.605. The summed E-state index contributed by atoms with van der Waals surface area (Å²) in [6, 6.07) is 0. The van der Waals surface area contributed by atoms with E-state index in [1.807, 2.05) is 0 Å². The highest BCUT2D eigenvalue weighted by atomic mass is 35.5. The van der Waals surface area contributed by atoms with Crippen molar-refractivity contribution in [3.8, 4) is 0 Å². The molecule has 0 bridgehead atoms. The zero-order valence-electron chi connectivity index (χ0n) is 4.84. The third-order valence-corrected chi connectivity index (χ3v) is 0.767. The van der Waals surface area contributed by atoms with Crippen LogP contribution in [0.2, 0.25) is 0 Å². The van der Waals surface area contributed by atoms with Gasteiger partial charge in [0, 0.05) is 5.03 Å². The largest absolute Gasteiger partial charge is 0.479 e. The fourth-order valence-corrected chi connectivity index (χ4v) is 0.408. The van der Waals surface area contributed by atoms with E-state index in [2.05, 4.69) is 0 Å². The lowest BCUT2D eigenvalue weighted by Gasteiger charge is -1.95. The summed E-state index contributed by atoms with van der Waals surface area (Å²) in [6.45, 7) is 1.49. The predicted octanol–water partition coefficient (Wildman–Crippen LogP) is 0.574. The first-order chi connectivity index (χ1) is 4.04. The SMILES string of the molecule is C/C(Cl)=C\C(O)C(=O)O. The molecule has 0 saturated carbocycles. The van der Waals surface area contributed by atoms with Gasteiger partial charge in [-0.1, -0.05) is 11.6 Å². The van der Waals surface area contributed by atoms with Crippen molar-refractivity contribution in [1.29, 1.82) is 0 Å². The Kier molecular flexibility index (Phi) is 3.27. The van der Waals surface area contributed by atoms with Crippen molar-refractivity contribution in [3.05, 3.63) is 11.1 Å². The van der Waals surface area contributed by atoms with Crippen molar-refractivity contribution in [2.45, 2.75) is 13.0 Å². The van der Waals surface area contributed by atoms with E-state index in [0.29, 0.717) is 0 Å². The van der Waals surface area contributed by atoms with Crippen LogP contribution in [0, 0.1) is 0 Å². The fraction of sp³-hybridized carbons (Fsp3) is 0.400. The van der Waals surface area contributed by atoms with Crippen molar-refractivity contribution >= 4 is 17.6 Å². The van der Waals surface area contributed by atoms with Gasteiger partial charge < -0.3 is 10.2 Å². The highest BCUT2D eigenvalue weighted by Gasteiger charge is 2.07. The molecule has 0 fully saturated rings. The van der Waals surface area contributed by atoms with Gasteiger partial charge in [-0.15, -0.1) is 0 Å². The summed E-state index contributed by atoms with van der Waals surface area (Å²) < 4.78 is 0. The van der Waals surface area contributed by atoms with E-state index in [-0.39, 0.29) is 5.03 Å². The Balaban J connectivity index is 3.91. The van der Waals surface area contributed by atoms with E-state index in [1.54, 1.807) is 0 Å². The number of carboxylic acids is 1. The predicted molar refractivity (Wildman–Crippen MR) is 33.3 cm³/mol. The summed E-state index contributed by atoms with van der Waals surface area (Å²) in [4.78, 5) is 9.88. The molecular weight excluding hydrogens is 144 g/mol. The Labute approximate surface area is 57.6 Å². The number of carboxylic acid groups (broad SMARTS) is 1. The van der Waals surface area contributed by atoms with E-state index >= 15 is 0 Å².